The van der Waals surface area contributed by atoms with E-state index in [-0.39, 0.29) is 0 Å². The van der Waals surface area contributed by atoms with Crippen molar-refractivity contribution >= 4 is 92.1 Å². The third-order valence-corrected chi connectivity index (χ3v) is 13.0. The highest BCUT2D eigenvalue weighted by atomic mass is 32.1. The van der Waals surface area contributed by atoms with Gasteiger partial charge in [-0.05, 0) is 116 Å². The number of thiophene rings is 1. The van der Waals surface area contributed by atoms with Crippen molar-refractivity contribution in [3.05, 3.63) is 212 Å². The summed E-state index contributed by atoms with van der Waals surface area (Å²) in [6.07, 6.45) is 0. The molecule has 0 N–H and O–H groups in total. The molecule has 10 aromatic carbocycles. The lowest BCUT2D eigenvalue weighted by atomic mass is 9.97. The molecule has 2 aromatic heterocycles. The van der Waals surface area contributed by atoms with Crippen LogP contribution < -0.4 is 4.90 Å². The van der Waals surface area contributed by atoms with E-state index < -0.39 is 0 Å². The average Bonchev–Trinajstić information content (AvgIpc) is 3.88. The van der Waals surface area contributed by atoms with Gasteiger partial charge in [-0.15, -0.1) is 11.3 Å². The van der Waals surface area contributed by atoms with Crippen LogP contribution >= 0.6 is 11.3 Å². The Morgan fingerprint density at radius 1 is 0.339 bits per heavy atom. The van der Waals surface area contributed by atoms with E-state index in [9.17, 15) is 0 Å². The number of hydrogen-bond donors (Lipinski definition) is 0. The predicted octanol–water partition coefficient (Wildman–Crippen LogP) is 16.7. The van der Waals surface area contributed by atoms with Gasteiger partial charge in [0.15, 0.2) is 0 Å². The second-order valence-electron chi connectivity index (χ2n) is 15.3. The summed E-state index contributed by atoms with van der Waals surface area (Å²) in [5.74, 6) is 0. The van der Waals surface area contributed by atoms with Crippen LogP contribution in [0.1, 0.15) is 0 Å². The van der Waals surface area contributed by atoms with Gasteiger partial charge >= 0.3 is 0 Å². The summed E-state index contributed by atoms with van der Waals surface area (Å²) in [5.41, 5.74) is 12.2. The van der Waals surface area contributed by atoms with E-state index >= 15 is 0 Å². The first-order valence-corrected chi connectivity index (χ1v) is 20.9. The zero-order valence-corrected chi connectivity index (χ0v) is 32.8. The van der Waals surface area contributed by atoms with E-state index in [0.717, 1.165) is 55.5 Å². The molecule has 276 valence electrons. The summed E-state index contributed by atoms with van der Waals surface area (Å²) in [6.45, 7) is 0. The zero-order chi connectivity index (χ0) is 38.9. The minimum atomic E-state index is 0.900. The second kappa shape index (κ2) is 13.6. The fourth-order valence-corrected chi connectivity index (χ4v) is 10.1. The molecule has 0 saturated heterocycles. The van der Waals surface area contributed by atoms with Crippen molar-refractivity contribution in [3.63, 3.8) is 0 Å². The van der Waals surface area contributed by atoms with Gasteiger partial charge in [0.05, 0.1) is 0 Å². The molecule has 12 aromatic rings. The molecule has 0 amide bonds. The lowest BCUT2D eigenvalue weighted by Gasteiger charge is -2.26. The van der Waals surface area contributed by atoms with Crippen molar-refractivity contribution in [1.82, 2.24) is 0 Å². The largest absolute Gasteiger partial charge is 0.455 e. The summed E-state index contributed by atoms with van der Waals surface area (Å²) in [6, 6.07) is 77.0. The summed E-state index contributed by atoms with van der Waals surface area (Å²) < 4.78 is 9.18. The third kappa shape index (κ3) is 5.70. The Bertz CT molecular complexity index is 3560. The summed E-state index contributed by atoms with van der Waals surface area (Å²) in [4.78, 5) is 2.37. The topological polar surface area (TPSA) is 16.4 Å². The van der Waals surface area contributed by atoms with Crippen LogP contribution in [0.5, 0.6) is 0 Å². The van der Waals surface area contributed by atoms with Crippen LogP contribution in [0.25, 0.3) is 97.0 Å². The molecule has 0 aliphatic rings. The summed E-state index contributed by atoms with van der Waals surface area (Å²) in [7, 11) is 0. The van der Waals surface area contributed by atoms with Crippen LogP contribution in [0.3, 0.4) is 0 Å². The van der Waals surface area contributed by atoms with Gasteiger partial charge in [-0.3, -0.25) is 0 Å². The third-order valence-electron chi connectivity index (χ3n) is 11.8. The molecule has 0 spiro atoms. The van der Waals surface area contributed by atoms with Gasteiger partial charge in [-0.2, -0.15) is 0 Å². The average molecular weight is 770 g/mol. The zero-order valence-electron chi connectivity index (χ0n) is 32.0. The highest BCUT2D eigenvalue weighted by Crippen LogP contribution is 2.43. The summed E-state index contributed by atoms with van der Waals surface area (Å²) >= 11 is 1.86. The van der Waals surface area contributed by atoms with E-state index in [2.05, 4.69) is 217 Å². The lowest BCUT2D eigenvalue weighted by molar-refractivity contribution is 0.673. The number of benzene rings is 10. The molecule has 0 aliphatic carbocycles. The molecule has 0 aliphatic heterocycles. The number of fused-ring (bicyclic) bond motifs is 9. The molecule has 2 heterocycles. The first kappa shape index (κ1) is 33.7. The smallest absolute Gasteiger partial charge is 0.143 e. The van der Waals surface area contributed by atoms with Gasteiger partial charge in [0, 0.05) is 53.4 Å². The highest BCUT2D eigenvalue weighted by Gasteiger charge is 2.18. The Balaban J connectivity index is 0.959. The van der Waals surface area contributed by atoms with Crippen LogP contribution in [-0.2, 0) is 0 Å². The number of furan rings is 1. The SMILES string of the molecule is c1cc(-c2ccc3ccccc3c2)cc(N(c2ccc(-c3ccc4c(c3)sc3ccccc34)cc2)c2ccc(-c3cccc4oc5c6ccccc6ccc5c34)cc2)c1. The van der Waals surface area contributed by atoms with Crippen molar-refractivity contribution in [1.29, 1.82) is 0 Å². The van der Waals surface area contributed by atoms with Crippen LogP contribution in [0, 0.1) is 0 Å². The van der Waals surface area contributed by atoms with Gasteiger partial charge < -0.3 is 9.32 Å². The molecule has 2 nitrogen and oxygen atoms in total. The van der Waals surface area contributed by atoms with Crippen LogP contribution in [0.15, 0.2) is 217 Å². The van der Waals surface area contributed by atoms with Crippen LogP contribution in [0.4, 0.5) is 17.1 Å². The number of hydrogen-bond acceptors (Lipinski definition) is 3. The molecule has 0 radical (unpaired) electrons. The first-order chi connectivity index (χ1) is 29.2. The Kier molecular flexibility index (Phi) is 7.75. The Morgan fingerprint density at radius 3 is 1.80 bits per heavy atom. The van der Waals surface area contributed by atoms with E-state index in [1.54, 1.807) is 0 Å². The molecule has 12 rings (SSSR count). The Hall–Kier alpha value is -7.46. The van der Waals surface area contributed by atoms with E-state index in [4.69, 9.17) is 4.42 Å². The van der Waals surface area contributed by atoms with Crippen molar-refractivity contribution in [2.75, 3.05) is 4.90 Å². The molecule has 0 bridgehead atoms. The van der Waals surface area contributed by atoms with Crippen LogP contribution in [-0.4, -0.2) is 0 Å². The summed E-state index contributed by atoms with van der Waals surface area (Å²) in [5, 5.41) is 9.72. The fraction of sp³-hybridized carbons (Fsp3) is 0. The quantitative estimate of drug-likeness (QED) is 0.167. The van der Waals surface area contributed by atoms with Crippen molar-refractivity contribution in [3.8, 4) is 33.4 Å². The Labute approximate surface area is 345 Å². The van der Waals surface area contributed by atoms with Gasteiger partial charge in [0.25, 0.3) is 0 Å². The normalized spacial score (nSPS) is 11.7. The number of anilines is 3. The lowest BCUT2D eigenvalue weighted by Crippen LogP contribution is -2.10. The maximum Gasteiger partial charge on any atom is 0.143 e. The van der Waals surface area contributed by atoms with Crippen LogP contribution in [0.2, 0.25) is 0 Å². The second-order valence-corrected chi connectivity index (χ2v) is 16.4. The van der Waals surface area contributed by atoms with E-state index in [1.165, 1.54) is 58.6 Å². The van der Waals surface area contributed by atoms with Gasteiger partial charge in [-0.25, -0.2) is 0 Å². The minimum Gasteiger partial charge on any atom is -0.455 e. The van der Waals surface area contributed by atoms with Gasteiger partial charge in [-0.1, -0.05) is 146 Å². The molecular weight excluding hydrogens is 735 g/mol. The number of nitrogens with zero attached hydrogens (tertiary/aromatic N) is 1. The molecular formula is C56H35NOS. The van der Waals surface area contributed by atoms with Gasteiger partial charge in [0.2, 0.25) is 0 Å². The molecule has 59 heavy (non-hydrogen) atoms. The standard InChI is InChI=1S/C56H35NOS/c1-2-11-40-33-42(20-19-36(40)9-1)41-12-7-13-46(34-41)57(44-27-21-37(22-28-44)43-26-31-50-49-15-5-6-18-53(49)59-54(50)35-43)45-29-23-39(24-30-45)47-16-8-17-52-55(47)51-32-25-38-10-3-4-14-48(38)56(51)58-52/h1-35H. The maximum absolute atomic E-state index is 6.55. The predicted molar refractivity (Wildman–Crippen MR) is 253 cm³/mol. The van der Waals surface area contributed by atoms with E-state index in [1.807, 2.05) is 11.3 Å². The molecule has 0 saturated carbocycles. The molecule has 0 atom stereocenters. The van der Waals surface area contributed by atoms with E-state index in [0.29, 0.717) is 0 Å². The van der Waals surface area contributed by atoms with Crippen molar-refractivity contribution < 1.29 is 4.42 Å². The van der Waals surface area contributed by atoms with Gasteiger partial charge in [0.1, 0.15) is 11.2 Å². The van der Waals surface area contributed by atoms with Crippen molar-refractivity contribution in [2.45, 2.75) is 0 Å². The highest BCUT2D eigenvalue weighted by molar-refractivity contribution is 7.25. The molecule has 0 unspecified atom stereocenters. The Morgan fingerprint density at radius 2 is 0.949 bits per heavy atom. The first-order valence-electron chi connectivity index (χ1n) is 20.1. The fourth-order valence-electron chi connectivity index (χ4n) is 8.93. The molecule has 0 fully saturated rings. The van der Waals surface area contributed by atoms with Crippen molar-refractivity contribution in [2.24, 2.45) is 0 Å². The monoisotopic (exact) mass is 769 g/mol. The number of rotatable bonds is 6. The minimum absolute atomic E-state index is 0.900. The molecule has 3 heteroatoms. The maximum atomic E-state index is 6.55.